The summed E-state index contributed by atoms with van der Waals surface area (Å²) in [5.41, 5.74) is 0.944. The lowest BCUT2D eigenvalue weighted by molar-refractivity contribution is -0.154. The van der Waals surface area contributed by atoms with Crippen LogP contribution in [0, 0.1) is 18.8 Å². The number of ether oxygens (including phenoxy) is 2. The molecular weight excluding hydrogens is 544 g/mol. The van der Waals surface area contributed by atoms with Gasteiger partial charge >= 0.3 is 5.97 Å². The van der Waals surface area contributed by atoms with Crippen LogP contribution in [-0.2, 0) is 30.3 Å². The molecule has 2 aromatic rings. The Hall–Kier alpha value is -3.46. The van der Waals surface area contributed by atoms with Crippen molar-refractivity contribution in [3.63, 3.8) is 0 Å². The molecule has 3 fully saturated rings. The van der Waals surface area contributed by atoms with Crippen LogP contribution in [0.15, 0.2) is 73.8 Å². The molecule has 1 spiro atoms. The number of carbonyl (C=O) groups excluding carboxylic acids is 3. The van der Waals surface area contributed by atoms with E-state index in [1.54, 1.807) is 18.2 Å². The fraction of sp³-hybridized carbons (Fsp3) is 0.406. The average molecular weight is 579 g/mol. The molecule has 2 bridgehead atoms. The number of carbonyl (C=O) groups is 3. The number of amides is 2. The molecule has 2 amide bonds. The maximum atomic E-state index is 14.8. The summed E-state index contributed by atoms with van der Waals surface area (Å²) in [7, 11) is 0. The summed E-state index contributed by atoms with van der Waals surface area (Å²) < 4.78 is 11.9. The number of benzene rings is 2. The van der Waals surface area contributed by atoms with E-state index in [9.17, 15) is 19.5 Å². The van der Waals surface area contributed by atoms with Crippen molar-refractivity contribution in [1.82, 2.24) is 4.90 Å². The summed E-state index contributed by atoms with van der Waals surface area (Å²) in [6.45, 7) is 9.09. The first-order valence-corrected chi connectivity index (χ1v) is 14.3. The van der Waals surface area contributed by atoms with Crippen LogP contribution in [0.25, 0.3) is 0 Å². The maximum absolute atomic E-state index is 14.8. The van der Waals surface area contributed by atoms with E-state index in [4.69, 9.17) is 21.1 Å². The predicted molar refractivity (Wildman–Crippen MR) is 155 cm³/mol. The summed E-state index contributed by atoms with van der Waals surface area (Å²) >= 11 is 6.63. The van der Waals surface area contributed by atoms with E-state index in [0.29, 0.717) is 30.0 Å². The number of aliphatic hydroxyl groups is 1. The number of nitrogens with zero attached hydrogens (tertiary/aromatic N) is 2. The van der Waals surface area contributed by atoms with Crippen LogP contribution in [0.4, 0.5) is 5.69 Å². The van der Waals surface area contributed by atoms with Crippen LogP contribution in [-0.4, -0.2) is 71.3 Å². The Morgan fingerprint density at radius 1 is 1.22 bits per heavy atom. The minimum absolute atomic E-state index is 0.00814. The maximum Gasteiger partial charge on any atom is 0.312 e. The number of aliphatic hydroxyl groups excluding tert-OH is 1. The summed E-state index contributed by atoms with van der Waals surface area (Å²) in [6, 6.07) is 13.0. The Balaban J connectivity index is 1.62. The van der Waals surface area contributed by atoms with E-state index in [0.717, 1.165) is 11.1 Å². The van der Waals surface area contributed by atoms with E-state index in [1.807, 2.05) is 43.3 Å². The second-order valence-electron chi connectivity index (χ2n) is 10.9. The molecule has 0 saturated carbocycles. The Kier molecular flexibility index (Phi) is 8.36. The molecule has 6 atom stereocenters. The number of likely N-dealkylation sites (tertiary alicyclic amines) is 1. The van der Waals surface area contributed by atoms with E-state index < -0.39 is 53.4 Å². The van der Waals surface area contributed by atoms with Gasteiger partial charge in [-0.3, -0.25) is 14.4 Å². The Morgan fingerprint density at radius 3 is 2.63 bits per heavy atom. The normalized spacial score (nSPS) is 26.9. The zero-order chi connectivity index (χ0) is 29.3. The van der Waals surface area contributed by atoms with E-state index >= 15 is 0 Å². The molecule has 0 aromatic heterocycles. The molecule has 3 aliphatic rings. The third-order valence-corrected chi connectivity index (χ3v) is 8.85. The summed E-state index contributed by atoms with van der Waals surface area (Å²) in [5, 5.41) is 11.0. The van der Waals surface area contributed by atoms with E-state index in [-0.39, 0.29) is 19.8 Å². The first kappa shape index (κ1) is 29.0. The van der Waals surface area contributed by atoms with Crippen molar-refractivity contribution in [2.45, 2.75) is 50.0 Å². The van der Waals surface area contributed by atoms with Crippen LogP contribution in [0.5, 0.6) is 0 Å². The Bertz CT molecular complexity index is 1330. The fourth-order valence-corrected chi connectivity index (χ4v) is 7.26. The highest BCUT2D eigenvalue weighted by molar-refractivity contribution is 6.34. The van der Waals surface area contributed by atoms with Crippen molar-refractivity contribution in [3.05, 3.63) is 90.0 Å². The third-order valence-electron chi connectivity index (χ3n) is 8.54. The third kappa shape index (κ3) is 4.88. The molecule has 3 saturated heterocycles. The first-order chi connectivity index (χ1) is 19.8. The minimum atomic E-state index is -1.25. The number of anilines is 1. The van der Waals surface area contributed by atoms with Crippen molar-refractivity contribution in [3.8, 4) is 0 Å². The van der Waals surface area contributed by atoms with Gasteiger partial charge in [-0.05, 0) is 43.4 Å². The molecule has 2 unspecified atom stereocenters. The highest BCUT2D eigenvalue weighted by Gasteiger charge is 2.75. The quantitative estimate of drug-likeness (QED) is 0.321. The second kappa shape index (κ2) is 11.8. The molecule has 1 N–H and O–H groups in total. The van der Waals surface area contributed by atoms with Crippen LogP contribution in [0.3, 0.4) is 0 Å². The molecule has 3 aliphatic heterocycles. The van der Waals surface area contributed by atoms with Crippen LogP contribution < -0.4 is 4.90 Å². The SMILES string of the molecule is C=CCOC(=O)[C@@H]1[C@H]2C(=O)N([C@@H](CO)Cc3ccccc3)C(C(=O)N(CC=C)c3c(C)cccc3Cl)C23CC[C@H]1O3. The lowest BCUT2D eigenvalue weighted by Crippen LogP contribution is -2.59. The van der Waals surface area contributed by atoms with Gasteiger partial charge in [0.05, 0.1) is 41.3 Å². The van der Waals surface area contributed by atoms with Gasteiger partial charge in [-0.2, -0.15) is 0 Å². The van der Waals surface area contributed by atoms with Gasteiger partial charge in [0.15, 0.2) is 0 Å². The fourth-order valence-electron chi connectivity index (χ4n) is 6.94. The Morgan fingerprint density at radius 2 is 1.98 bits per heavy atom. The van der Waals surface area contributed by atoms with Gasteiger partial charge in [0.25, 0.3) is 5.91 Å². The van der Waals surface area contributed by atoms with Crippen molar-refractivity contribution in [1.29, 1.82) is 0 Å². The van der Waals surface area contributed by atoms with Crippen molar-refractivity contribution in [2.75, 3.05) is 24.7 Å². The van der Waals surface area contributed by atoms with Crippen LogP contribution in [0.2, 0.25) is 5.02 Å². The lowest BCUT2D eigenvalue weighted by Gasteiger charge is -2.39. The number of rotatable bonds is 11. The molecule has 216 valence electrons. The molecule has 5 rings (SSSR count). The number of halogens is 1. The monoisotopic (exact) mass is 578 g/mol. The van der Waals surface area contributed by atoms with E-state index in [2.05, 4.69) is 13.2 Å². The zero-order valence-electron chi connectivity index (χ0n) is 23.1. The van der Waals surface area contributed by atoms with Crippen LogP contribution in [0.1, 0.15) is 24.0 Å². The van der Waals surface area contributed by atoms with Gasteiger partial charge < -0.3 is 24.4 Å². The number of hydrogen-bond donors (Lipinski definition) is 1. The molecule has 9 heteroatoms. The predicted octanol–water partition coefficient (Wildman–Crippen LogP) is 3.87. The molecule has 41 heavy (non-hydrogen) atoms. The van der Waals surface area contributed by atoms with Crippen molar-refractivity contribution >= 4 is 35.1 Å². The van der Waals surface area contributed by atoms with Gasteiger partial charge in [-0.1, -0.05) is 72.8 Å². The van der Waals surface area contributed by atoms with Gasteiger partial charge in [-0.25, -0.2) is 0 Å². The van der Waals surface area contributed by atoms with Crippen molar-refractivity contribution < 1.29 is 29.0 Å². The van der Waals surface area contributed by atoms with Gasteiger partial charge in [0.2, 0.25) is 5.91 Å². The van der Waals surface area contributed by atoms with Crippen LogP contribution >= 0.6 is 11.6 Å². The number of aryl methyl sites for hydroxylation is 1. The summed E-state index contributed by atoms with van der Waals surface area (Å²) in [4.78, 5) is 45.4. The first-order valence-electron chi connectivity index (χ1n) is 13.9. The number of para-hydroxylation sites is 1. The number of fused-ring (bicyclic) bond motifs is 1. The Labute approximate surface area is 245 Å². The summed E-state index contributed by atoms with van der Waals surface area (Å²) in [6.07, 6.45) is 3.76. The van der Waals surface area contributed by atoms with Crippen molar-refractivity contribution in [2.24, 2.45) is 11.8 Å². The van der Waals surface area contributed by atoms with Gasteiger partial charge in [-0.15, -0.1) is 6.58 Å². The number of hydrogen-bond acceptors (Lipinski definition) is 6. The zero-order valence-corrected chi connectivity index (χ0v) is 23.8. The highest BCUT2D eigenvalue weighted by atomic mass is 35.5. The standard InChI is InChI=1S/C32H35ClN2O6/c1-4-16-34(27-20(3)10-9-13-23(27)33)30(38)28-32-15-14-24(41-32)25(31(39)40-17-5-2)26(32)29(37)35(28)22(19-36)18-21-11-7-6-8-12-21/h4-13,22,24-26,28,36H,1-2,14-19H2,3H3/t22-,24-,25+,26+,28?,32?/m1/s1. The van der Waals surface area contributed by atoms with Gasteiger partial charge in [0.1, 0.15) is 18.2 Å². The second-order valence-corrected chi connectivity index (χ2v) is 11.3. The molecule has 2 aromatic carbocycles. The molecular formula is C32H35ClN2O6. The molecule has 0 aliphatic carbocycles. The van der Waals surface area contributed by atoms with Gasteiger partial charge in [0, 0.05) is 6.54 Å². The molecule has 3 heterocycles. The molecule has 0 radical (unpaired) electrons. The highest BCUT2D eigenvalue weighted by Crippen LogP contribution is 2.59. The molecule has 8 nitrogen and oxygen atoms in total. The smallest absolute Gasteiger partial charge is 0.312 e. The topological polar surface area (TPSA) is 96.4 Å². The van der Waals surface area contributed by atoms with E-state index in [1.165, 1.54) is 15.9 Å². The minimum Gasteiger partial charge on any atom is -0.461 e. The number of esters is 1. The average Bonchev–Trinajstić information content (AvgIpc) is 3.61. The largest absolute Gasteiger partial charge is 0.461 e. The lowest BCUT2D eigenvalue weighted by atomic mass is 9.70. The summed E-state index contributed by atoms with van der Waals surface area (Å²) in [5.74, 6) is -3.12.